The molecular formula is C11H15ClO2. The highest BCUT2D eigenvalue weighted by Gasteiger charge is 2.43. The van der Waals surface area contributed by atoms with Crippen LogP contribution in [-0.2, 0) is 9.47 Å². The number of fused-ring (bicyclic) bond motifs is 2. The summed E-state index contributed by atoms with van der Waals surface area (Å²) in [5, 5.41) is 0. The van der Waals surface area contributed by atoms with Crippen molar-refractivity contribution in [3.8, 4) is 0 Å². The van der Waals surface area contributed by atoms with E-state index >= 15 is 0 Å². The maximum absolute atomic E-state index is 5.76. The van der Waals surface area contributed by atoms with Crippen molar-refractivity contribution in [2.45, 2.75) is 25.2 Å². The highest BCUT2D eigenvalue weighted by atomic mass is 35.5. The van der Waals surface area contributed by atoms with Crippen LogP contribution in [0.4, 0.5) is 0 Å². The van der Waals surface area contributed by atoms with Gasteiger partial charge in [0.15, 0.2) is 6.29 Å². The number of alkyl halides is 1. The fourth-order valence-electron chi connectivity index (χ4n) is 2.91. The van der Waals surface area contributed by atoms with Gasteiger partial charge in [0.1, 0.15) is 0 Å². The standard InChI is InChI=1S/C11H15ClO2/c12-5-9-6-13-11(14-9)10-4-7-1-2-8(10)3-7/h1-2,7-11H,3-6H2/t7-,8+,9-,10-,11+/m0/s1. The Hall–Kier alpha value is -0.0500. The van der Waals surface area contributed by atoms with Gasteiger partial charge in [0.2, 0.25) is 0 Å². The fraction of sp³-hybridized carbons (Fsp3) is 0.818. The van der Waals surface area contributed by atoms with Crippen LogP contribution in [0.15, 0.2) is 12.2 Å². The van der Waals surface area contributed by atoms with E-state index in [0.717, 1.165) is 5.92 Å². The summed E-state index contributed by atoms with van der Waals surface area (Å²) in [5.74, 6) is 2.61. The molecule has 1 aliphatic heterocycles. The number of hydrogen-bond acceptors (Lipinski definition) is 2. The van der Waals surface area contributed by atoms with E-state index < -0.39 is 0 Å². The Kier molecular flexibility index (Phi) is 2.31. The zero-order chi connectivity index (χ0) is 9.54. The summed E-state index contributed by atoms with van der Waals surface area (Å²) in [4.78, 5) is 0. The minimum atomic E-state index is 0.0127. The van der Waals surface area contributed by atoms with Gasteiger partial charge in [-0.3, -0.25) is 0 Å². The molecule has 0 unspecified atom stereocenters. The van der Waals surface area contributed by atoms with Crippen LogP contribution in [0, 0.1) is 17.8 Å². The summed E-state index contributed by atoms with van der Waals surface area (Å²) < 4.78 is 11.4. The van der Waals surface area contributed by atoms with Crippen LogP contribution in [0.5, 0.6) is 0 Å². The zero-order valence-electron chi connectivity index (χ0n) is 8.06. The molecule has 0 amide bonds. The summed E-state index contributed by atoms with van der Waals surface area (Å²) >= 11 is 5.74. The number of hydrogen-bond donors (Lipinski definition) is 0. The number of rotatable bonds is 2. The fourth-order valence-corrected chi connectivity index (χ4v) is 3.07. The maximum atomic E-state index is 5.76. The molecule has 2 aliphatic carbocycles. The predicted octanol–water partition coefficient (Wildman–Crippen LogP) is 2.18. The van der Waals surface area contributed by atoms with Gasteiger partial charge in [-0.15, -0.1) is 11.6 Å². The van der Waals surface area contributed by atoms with Crippen LogP contribution in [0.2, 0.25) is 0 Å². The van der Waals surface area contributed by atoms with Crippen molar-refractivity contribution in [2.75, 3.05) is 12.5 Å². The van der Waals surface area contributed by atoms with Crippen LogP contribution in [0.1, 0.15) is 12.8 Å². The first kappa shape index (κ1) is 9.20. The second-order valence-corrected chi connectivity index (χ2v) is 4.87. The van der Waals surface area contributed by atoms with Gasteiger partial charge >= 0.3 is 0 Å². The lowest BCUT2D eigenvalue weighted by atomic mass is 9.93. The monoisotopic (exact) mass is 214 g/mol. The lowest BCUT2D eigenvalue weighted by molar-refractivity contribution is -0.1000. The Morgan fingerprint density at radius 1 is 1.29 bits per heavy atom. The van der Waals surface area contributed by atoms with E-state index in [1.165, 1.54) is 12.8 Å². The van der Waals surface area contributed by atoms with E-state index in [4.69, 9.17) is 21.1 Å². The Morgan fingerprint density at radius 3 is 2.79 bits per heavy atom. The van der Waals surface area contributed by atoms with Crippen LogP contribution in [0.3, 0.4) is 0 Å². The molecule has 1 saturated carbocycles. The number of halogens is 1. The molecular weight excluding hydrogens is 200 g/mol. The molecule has 2 nitrogen and oxygen atoms in total. The van der Waals surface area contributed by atoms with Gasteiger partial charge in [0.25, 0.3) is 0 Å². The van der Waals surface area contributed by atoms with E-state index in [-0.39, 0.29) is 12.4 Å². The molecule has 3 heteroatoms. The van der Waals surface area contributed by atoms with Crippen LogP contribution in [0.25, 0.3) is 0 Å². The molecule has 1 saturated heterocycles. The molecule has 5 atom stereocenters. The topological polar surface area (TPSA) is 18.5 Å². The van der Waals surface area contributed by atoms with E-state index in [0.29, 0.717) is 24.3 Å². The van der Waals surface area contributed by atoms with Crippen LogP contribution in [-0.4, -0.2) is 24.9 Å². The summed E-state index contributed by atoms with van der Waals surface area (Å²) in [7, 11) is 0. The van der Waals surface area contributed by atoms with Crippen molar-refractivity contribution in [2.24, 2.45) is 17.8 Å². The van der Waals surface area contributed by atoms with Gasteiger partial charge in [-0.25, -0.2) is 0 Å². The molecule has 3 rings (SSSR count). The normalized spacial score (nSPS) is 50.5. The first-order valence-electron chi connectivity index (χ1n) is 5.38. The number of allylic oxidation sites excluding steroid dienone is 2. The third kappa shape index (κ3) is 1.40. The van der Waals surface area contributed by atoms with E-state index in [1.54, 1.807) is 0 Å². The lowest BCUT2D eigenvalue weighted by Gasteiger charge is -2.23. The third-order valence-corrected chi connectivity index (χ3v) is 3.97. The van der Waals surface area contributed by atoms with E-state index in [1.807, 2.05) is 0 Å². The van der Waals surface area contributed by atoms with Crippen LogP contribution >= 0.6 is 11.6 Å². The Bertz CT molecular complexity index is 254. The highest BCUT2D eigenvalue weighted by molar-refractivity contribution is 6.18. The van der Waals surface area contributed by atoms with Crippen molar-refractivity contribution >= 4 is 11.6 Å². The average Bonchev–Trinajstić information content (AvgIpc) is 2.93. The van der Waals surface area contributed by atoms with Crippen LogP contribution < -0.4 is 0 Å². The maximum Gasteiger partial charge on any atom is 0.161 e. The zero-order valence-corrected chi connectivity index (χ0v) is 8.82. The summed E-state index contributed by atoms with van der Waals surface area (Å²) in [6, 6.07) is 0. The molecule has 0 radical (unpaired) electrons. The quantitative estimate of drug-likeness (QED) is 0.518. The van der Waals surface area contributed by atoms with Gasteiger partial charge in [0, 0.05) is 5.92 Å². The molecule has 2 fully saturated rings. The van der Waals surface area contributed by atoms with Crippen molar-refractivity contribution in [1.82, 2.24) is 0 Å². The Labute approximate surface area is 89.2 Å². The lowest BCUT2D eigenvalue weighted by Crippen LogP contribution is -2.26. The minimum absolute atomic E-state index is 0.0127. The van der Waals surface area contributed by atoms with Crippen molar-refractivity contribution in [1.29, 1.82) is 0 Å². The molecule has 0 spiro atoms. The van der Waals surface area contributed by atoms with Gasteiger partial charge in [-0.1, -0.05) is 12.2 Å². The van der Waals surface area contributed by atoms with Crippen molar-refractivity contribution < 1.29 is 9.47 Å². The second kappa shape index (κ2) is 3.51. The molecule has 2 bridgehead atoms. The van der Waals surface area contributed by atoms with Crippen molar-refractivity contribution in [3.05, 3.63) is 12.2 Å². The van der Waals surface area contributed by atoms with Gasteiger partial charge in [0.05, 0.1) is 18.6 Å². The number of ether oxygens (including phenoxy) is 2. The molecule has 0 aromatic heterocycles. The predicted molar refractivity (Wildman–Crippen MR) is 54.2 cm³/mol. The summed E-state index contributed by atoms with van der Waals surface area (Å²) in [6.07, 6.45) is 7.35. The van der Waals surface area contributed by atoms with Gasteiger partial charge in [-0.05, 0) is 24.7 Å². The molecule has 3 aliphatic rings. The van der Waals surface area contributed by atoms with Gasteiger partial charge in [-0.2, -0.15) is 0 Å². The summed E-state index contributed by atoms with van der Waals surface area (Å²) in [6.45, 7) is 0.672. The summed E-state index contributed by atoms with van der Waals surface area (Å²) in [5.41, 5.74) is 0. The SMILES string of the molecule is ClC[C@H]1CO[C@@H]([C@H]2C[C@H]3C=C[C@@H]2C3)O1. The average molecular weight is 215 g/mol. The third-order valence-electron chi connectivity index (χ3n) is 3.62. The van der Waals surface area contributed by atoms with Gasteiger partial charge < -0.3 is 9.47 Å². The van der Waals surface area contributed by atoms with Crippen molar-refractivity contribution in [3.63, 3.8) is 0 Å². The molecule has 0 N–H and O–H groups in total. The molecule has 0 aromatic rings. The first-order valence-corrected chi connectivity index (χ1v) is 5.91. The minimum Gasteiger partial charge on any atom is -0.350 e. The highest BCUT2D eigenvalue weighted by Crippen LogP contribution is 2.46. The molecule has 0 aromatic carbocycles. The van der Waals surface area contributed by atoms with E-state index in [9.17, 15) is 0 Å². The Balaban J connectivity index is 1.65. The molecule has 78 valence electrons. The largest absolute Gasteiger partial charge is 0.350 e. The molecule has 1 heterocycles. The second-order valence-electron chi connectivity index (χ2n) is 4.56. The molecule has 14 heavy (non-hydrogen) atoms. The first-order chi connectivity index (χ1) is 6.86. The Morgan fingerprint density at radius 2 is 2.21 bits per heavy atom. The van der Waals surface area contributed by atoms with E-state index in [2.05, 4.69) is 12.2 Å². The smallest absolute Gasteiger partial charge is 0.161 e.